The fourth-order valence-electron chi connectivity index (χ4n) is 4.11. The Labute approximate surface area is 182 Å². The van der Waals surface area contributed by atoms with Gasteiger partial charge in [-0.25, -0.2) is 9.97 Å². The fourth-order valence-corrected chi connectivity index (χ4v) is 4.11. The van der Waals surface area contributed by atoms with E-state index in [2.05, 4.69) is 34.3 Å². The summed E-state index contributed by atoms with van der Waals surface area (Å²) in [5, 5.41) is 13.9. The minimum Gasteiger partial charge on any atom is -0.495 e. The highest BCUT2D eigenvalue weighted by molar-refractivity contribution is 5.94. The molecule has 1 N–H and O–H groups in total. The van der Waals surface area contributed by atoms with Gasteiger partial charge in [0.25, 0.3) is 0 Å². The normalized spacial score (nSPS) is 14.9. The third-order valence-electron chi connectivity index (χ3n) is 5.78. The number of aromatic nitrogens is 2. The van der Waals surface area contributed by atoms with Gasteiger partial charge in [0.2, 0.25) is 0 Å². The van der Waals surface area contributed by atoms with Crippen LogP contribution < -0.4 is 15.0 Å². The highest BCUT2D eigenvalue weighted by Crippen LogP contribution is 2.36. The first-order valence-corrected chi connectivity index (χ1v) is 10.5. The third kappa shape index (κ3) is 4.12. The molecular weight excluding hydrogens is 390 g/mol. The van der Waals surface area contributed by atoms with Gasteiger partial charge >= 0.3 is 0 Å². The molecule has 7 nitrogen and oxygen atoms in total. The predicted molar refractivity (Wildman–Crippen MR) is 122 cm³/mol. The summed E-state index contributed by atoms with van der Waals surface area (Å²) < 4.78 is 11.2. The summed E-state index contributed by atoms with van der Waals surface area (Å²) >= 11 is 0. The summed E-state index contributed by atoms with van der Waals surface area (Å²) in [7, 11) is 1.69. The van der Waals surface area contributed by atoms with Crippen LogP contribution in [0.25, 0.3) is 10.9 Å². The number of nitrogens with zero attached hydrogens (tertiary/aromatic N) is 4. The van der Waals surface area contributed by atoms with Crippen molar-refractivity contribution in [1.82, 2.24) is 9.97 Å². The SMILES string of the molecule is COc1cc2nc(C)nc(N[C@H](C)c3cccc(C#N)c3C)c2cc1N1CCOCC1. The van der Waals surface area contributed by atoms with Crippen LogP contribution in [0.3, 0.4) is 0 Å². The number of ether oxygens (including phenoxy) is 2. The Morgan fingerprint density at radius 2 is 1.97 bits per heavy atom. The van der Waals surface area contributed by atoms with Crippen molar-refractivity contribution in [3.05, 3.63) is 52.8 Å². The molecule has 0 unspecified atom stereocenters. The van der Waals surface area contributed by atoms with Crippen LogP contribution in [0.5, 0.6) is 5.75 Å². The lowest BCUT2D eigenvalue weighted by Crippen LogP contribution is -2.36. The summed E-state index contributed by atoms with van der Waals surface area (Å²) in [6.07, 6.45) is 0. The highest BCUT2D eigenvalue weighted by atomic mass is 16.5. The van der Waals surface area contributed by atoms with E-state index in [9.17, 15) is 5.26 Å². The van der Waals surface area contributed by atoms with E-state index in [1.165, 1.54) is 0 Å². The lowest BCUT2D eigenvalue weighted by atomic mass is 9.98. The number of nitrogens with one attached hydrogen (secondary N) is 1. The van der Waals surface area contributed by atoms with E-state index in [0.717, 1.165) is 52.4 Å². The Bertz CT molecular complexity index is 1150. The van der Waals surface area contributed by atoms with Crippen LogP contribution in [0, 0.1) is 25.2 Å². The minimum atomic E-state index is -0.0280. The number of anilines is 2. The molecule has 2 aromatic carbocycles. The number of methoxy groups -OCH3 is 1. The first-order valence-electron chi connectivity index (χ1n) is 10.5. The molecule has 1 fully saturated rings. The minimum absolute atomic E-state index is 0.0280. The van der Waals surface area contributed by atoms with Gasteiger partial charge in [0.15, 0.2) is 0 Å². The number of aryl methyl sites for hydroxylation is 1. The quantitative estimate of drug-likeness (QED) is 0.668. The van der Waals surface area contributed by atoms with Gasteiger partial charge in [0.05, 0.1) is 49.2 Å². The molecule has 160 valence electrons. The second-order valence-electron chi connectivity index (χ2n) is 7.76. The van der Waals surface area contributed by atoms with Gasteiger partial charge in [0, 0.05) is 24.5 Å². The van der Waals surface area contributed by atoms with Crippen LogP contribution in [-0.4, -0.2) is 43.4 Å². The second-order valence-corrected chi connectivity index (χ2v) is 7.76. The van der Waals surface area contributed by atoms with Crippen LogP contribution in [-0.2, 0) is 4.74 Å². The van der Waals surface area contributed by atoms with Gasteiger partial charge in [-0.3, -0.25) is 0 Å². The Morgan fingerprint density at radius 1 is 1.19 bits per heavy atom. The Morgan fingerprint density at radius 3 is 2.68 bits per heavy atom. The molecule has 3 aromatic rings. The second kappa shape index (κ2) is 8.78. The molecule has 1 aliphatic rings. The number of hydrogen-bond acceptors (Lipinski definition) is 7. The van der Waals surface area contributed by atoms with E-state index in [1.807, 2.05) is 38.1 Å². The molecule has 1 aromatic heterocycles. The van der Waals surface area contributed by atoms with Gasteiger partial charge in [-0.1, -0.05) is 12.1 Å². The summed E-state index contributed by atoms with van der Waals surface area (Å²) in [6, 6.07) is 12.1. The number of fused-ring (bicyclic) bond motifs is 1. The Kier molecular flexibility index (Phi) is 5.92. The van der Waals surface area contributed by atoms with Gasteiger partial charge in [0.1, 0.15) is 17.4 Å². The average molecular weight is 418 g/mol. The average Bonchev–Trinajstić information content (AvgIpc) is 2.78. The van der Waals surface area contributed by atoms with Crippen LogP contribution in [0.1, 0.15) is 35.5 Å². The maximum absolute atomic E-state index is 9.38. The van der Waals surface area contributed by atoms with E-state index in [1.54, 1.807) is 7.11 Å². The number of hydrogen-bond donors (Lipinski definition) is 1. The lowest BCUT2D eigenvalue weighted by Gasteiger charge is -2.30. The van der Waals surface area contributed by atoms with Crippen molar-refractivity contribution < 1.29 is 9.47 Å². The van der Waals surface area contributed by atoms with Crippen LogP contribution in [0.15, 0.2) is 30.3 Å². The highest BCUT2D eigenvalue weighted by Gasteiger charge is 2.20. The van der Waals surface area contributed by atoms with E-state index in [0.29, 0.717) is 24.6 Å². The first-order chi connectivity index (χ1) is 15.0. The zero-order valence-corrected chi connectivity index (χ0v) is 18.4. The molecule has 0 radical (unpaired) electrons. The van der Waals surface area contributed by atoms with Gasteiger partial charge < -0.3 is 19.7 Å². The van der Waals surface area contributed by atoms with Crippen molar-refractivity contribution in [1.29, 1.82) is 5.26 Å². The molecule has 0 aliphatic carbocycles. The zero-order chi connectivity index (χ0) is 22.0. The van der Waals surface area contributed by atoms with Crippen LogP contribution in [0.4, 0.5) is 11.5 Å². The first kappa shape index (κ1) is 20.9. The molecule has 0 spiro atoms. The fraction of sp³-hybridized carbons (Fsp3) is 0.375. The van der Waals surface area contributed by atoms with E-state index < -0.39 is 0 Å². The molecular formula is C24H27N5O2. The van der Waals surface area contributed by atoms with E-state index in [4.69, 9.17) is 14.5 Å². The van der Waals surface area contributed by atoms with Crippen LogP contribution >= 0.6 is 0 Å². The molecule has 2 heterocycles. The van der Waals surface area contributed by atoms with Crippen molar-refractivity contribution in [2.24, 2.45) is 0 Å². The molecule has 31 heavy (non-hydrogen) atoms. The maximum atomic E-state index is 9.38. The Balaban J connectivity index is 1.77. The third-order valence-corrected chi connectivity index (χ3v) is 5.78. The van der Waals surface area contributed by atoms with Gasteiger partial charge in [-0.2, -0.15) is 5.26 Å². The van der Waals surface area contributed by atoms with E-state index >= 15 is 0 Å². The van der Waals surface area contributed by atoms with Crippen molar-refractivity contribution in [3.8, 4) is 11.8 Å². The smallest absolute Gasteiger partial charge is 0.144 e. The molecule has 7 heteroatoms. The van der Waals surface area contributed by atoms with Crippen molar-refractivity contribution in [2.75, 3.05) is 43.6 Å². The molecule has 0 bridgehead atoms. The largest absolute Gasteiger partial charge is 0.495 e. The van der Waals surface area contributed by atoms with Crippen molar-refractivity contribution in [2.45, 2.75) is 26.8 Å². The topological polar surface area (TPSA) is 83.3 Å². The molecule has 1 saturated heterocycles. The van der Waals surface area contributed by atoms with Gasteiger partial charge in [-0.05, 0) is 44.0 Å². The standard InChI is InChI=1S/C24H27N5O2/c1-15-18(14-25)6-5-7-19(15)16(2)26-24-20-12-22(29-8-10-31-11-9-29)23(30-4)13-21(20)27-17(3)28-24/h5-7,12-13,16H,8-11H2,1-4H3,(H,26,27,28)/t16-/m1/s1. The number of nitriles is 1. The lowest BCUT2D eigenvalue weighted by molar-refractivity contribution is 0.122. The molecule has 1 aliphatic heterocycles. The summed E-state index contributed by atoms with van der Waals surface area (Å²) in [5.41, 5.74) is 4.60. The number of benzene rings is 2. The number of rotatable bonds is 5. The zero-order valence-electron chi connectivity index (χ0n) is 18.4. The monoisotopic (exact) mass is 417 g/mol. The predicted octanol–water partition coefficient (Wildman–Crippen LogP) is 4.14. The summed E-state index contributed by atoms with van der Waals surface area (Å²) in [5.74, 6) is 2.25. The Hall–Kier alpha value is -3.37. The molecule has 4 rings (SSSR count). The maximum Gasteiger partial charge on any atom is 0.144 e. The van der Waals surface area contributed by atoms with Crippen molar-refractivity contribution >= 4 is 22.4 Å². The summed E-state index contributed by atoms with van der Waals surface area (Å²) in [6.45, 7) is 8.97. The molecule has 0 saturated carbocycles. The molecule has 0 amide bonds. The van der Waals surface area contributed by atoms with E-state index in [-0.39, 0.29) is 6.04 Å². The van der Waals surface area contributed by atoms with Gasteiger partial charge in [-0.15, -0.1) is 0 Å². The van der Waals surface area contributed by atoms with Crippen molar-refractivity contribution in [3.63, 3.8) is 0 Å². The number of morpholine rings is 1. The summed E-state index contributed by atoms with van der Waals surface area (Å²) in [4.78, 5) is 11.6. The van der Waals surface area contributed by atoms with Crippen LogP contribution in [0.2, 0.25) is 0 Å². The molecule has 1 atom stereocenters.